The summed E-state index contributed by atoms with van der Waals surface area (Å²) in [6.07, 6.45) is 0.791. The van der Waals surface area contributed by atoms with Gasteiger partial charge in [-0.3, -0.25) is 0 Å². The standard InChI is InChI=1S/C13H15F3N4O4S/c1-2-3-8-6-11(24-25(22,23)13(14,15)16)20-10(9(8)7-17)4-5-19-12(18)21/h6H,2-5H2,1H3,(H3,18,19,21). The van der Waals surface area contributed by atoms with Crippen LogP contribution in [-0.4, -0.2) is 31.5 Å². The third-order valence-electron chi connectivity index (χ3n) is 2.92. The van der Waals surface area contributed by atoms with Crippen LogP contribution in [0.1, 0.15) is 30.2 Å². The molecule has 0 atom stereocenters. The minimum Gasteiger partial charge on any atom is -0.355 e. The molecule has 138 valence electrons. The molecule has 0 aliphatic rings. The zero-order chi connectivity index (χ0) is 19.3. The summed E-state index contributed by atoms with van der Waals surface area (Å²) >= 11 is 0. The maximum atomic E-state index is 12.5. The van der Waals surface area contributed by atoms with Crippen LogP contribution in [0, 0.1) is 11.3 Å². The lowest BCUT2D eigenvalue weighted by atomic mass is 10.0. The molecule has 1 rings (SSSR count). The maximum Gasteiger partial charge on any atom is 0.534 e. The molecule has 2 amide bonds. The second-order valence-electron chi connectivity index (χ2n) is 4.83. The second-order valence-corrected chi connectivity index (χ2v) is 6.37. The zero-order valence-electron chi connectivity index (χ0n) is 13.1. The molecule has 0 spiro atoms. The van der Waals surface area contributed by atoms with E-state index >= 15 is 0 Å². The summed E-state index contributed by atoms with van der Waals surface area (Å²) in [6, 6.07) is 2.02. The van der Waals surface area contributed by atoms with Crippen LogP contribution >= 0.6 is 0 Å². The van der Waals surface area contributed by atoms with Gasteiger partial charge in [0, 0.05) is 19.0 Å². The van der Waals surface area contributed by atoms with E-state index in [1.54, 1.807) is 6.92 Å². The first-order valence-corrected chi connectivity index (χ1v) is 8.39. The van der Waals surface area contributed by atoms with Crippen molar-refractivity contribution in [3.8, 4) is 11.9 Å². The van der Waals surface area contributed by atoms with Crippen LogP contribution in [0.25, 0.3) is 0 Å². The quantitative estimate of drug-likeness (QED) is 0.541. The van der Waals surface area contributed by atoms with E-state index in [4.69, 9.17) is 5.73 Å². The Balaban J connectivity index is 3.28. The largest absolute Gasteiger partial charge is 0.534 e. The maximum absolute atomic E-state index is 12.5. The Bertz CT molecular complexity index is 788. The molecule has 0 saturated heterocycles. The Hall–Kier alpha value is -2.55. The monoisotopic (exact) mass is 380 g/mol. The third-order valence-corrected chi connectivity index (χ3v) is 3.88. The molecular formula is C13H15F3N4O4S. The molecule has 0 bridgehead atoms. The van der Waals surface area contributed by atoms with Crippen LogP contribution in [0.5, 0.6) is 5.88 Å². The fraction of sp³-hybridized carbons (Fsp3) is 0.462. The highest BCUT2D eigenvalue weighted by Gasteiger charge is 2.49. The molecule has 1 heterocycles. The molecule has 0 radical (unpaired) electrons. The minimum absolute atomic E-state index is 0.00502. The number of aromatic nitrogens is 1. The van der Waals surface area contributed by atoms with E-state index in [1.807, 2.05) is 6.07 Å². The highest BCUT2D eigenvalue weighted by molar-refractivity contribution is 7.87. The van der Waals surface area contributed by atoms with Crippen LogP contribution in [0.2, 0.25) is 0 Å². The van der Waals surface area contributed by atoms with Crippen LogP contribution in [0.4, 0.5) is 18.0 Å². The summed E-state index contributed by atoms with van der Waals surface area (Å²) in [5, 5.41) is 11.5. The fourth-order valence-electron chi connectivity index (χ4n) is 1.92. The summed E-state index contributed by atoms with van der Waals surface area (Å²) < 4.78 is 63.7. The van der Waals surface area contributed by atoms with E-state index in [1.165, 1.54) is 0 Å². The SMILES string of the molecule is CCCc1cc(OS(=O)(=O)C(F)(F)F)nc(CCNC(N)=O)c1C#N. The van der Waals surface area contributed by atoms with Crippen molar-refractivity contribution >= 4 is 16.1 Å². The summed E-state index contributed by atoms with van der Waals surface area (Å²) in [6.45, 7) is 1.72. The number of primary amides is 1. The number of carbonyl (C=O) groups excluding carboxylic acids is 1. The summed E-state index contributed by atoms with van der Waals surface area (Å²) in [4.78, 5) is 14.3. The average molecular weight is 380 g/mol. The van der Waals surface area contributed by atoms with Gasteiger partial charge >= 0.3 is 21.7 Å². The van der Waals surface area contributed by atoms with E-state index in [-0.39, 0.29) is 24.2 Å². The zero-order valence-corrected chi connectivity index (χ0v) is 13.9. The van der Waals surface area contributed by atoms with Crippen molar-refractivity contribution in [1.82, 2.24) is 10.3 Å². The molecule has 0 unspecified atom stereocenters. The number of nitrogens with two attached hydrogens (primary N) is 1. The topological polar surface area (TPSA) is 135 Å². The number of nitrogens with zero attached hydrogens (tertiary/aromatic N) is 2. The van der Waals surface area contributed by atoms with E-state index in [0.717, 1.165) is 6.07 Å². The predicted molar refractivity (Wildman–Crippen MR) is 79.8 cm³/mol. The fourth-order valence-corrected chi connectivity index (χ4v) is 2.32. The van der Waals surface area contributed by atoms with Gasteiger partial charge in [0.15, 0.2) is 0 Å². The van der Waals surface area contributed by atoms with Crippen LogP contribution in [0.15, 0.2) is 6.07 Å². The number of nitrogens with one attached hydrogen (secondary N) is 1. The molecule has 1 aromatic heterocycles. The molecule has 0 aliphatic heterocycles. The van der Waals surface area contributed by atoms with Gasteiger partial charge in [-0.25, -0.2) is 9.78 Å². The summed E-state index contributed by atoms with van der Waals surface area (Å²) in [5.74, 6) is -0.797. The van der Waals surface area contributed by atoms with Crippen LogP contribution in [0.3, 0.4) is 0 Å². The smallest absolute Gasteiger partial charge is 0.355 e. The van der Waals surface area contributed by atoms with Gasteiger partial charge in [0.1, 0.15) is 6.07 Å². The minimum atomic E-state index is -5.89. The number of carbonyl (C=O) groups is 1. The first-order valence-electron chi connectivity index (χ1n) is 6.98. The van der Waals surface area contributed by atoms with Gasteiger partial charge in [0.05, 0.1) is 11.3 Å². The Morgan fingerprint density at radius 1 is 1.44 bits per heavy atom. The van der Waals surface area contributed by atoms with Gasteiger partial charge in [-0.2, -0.15) is 26.9 Å². The van der Waals surface area contributed by atoms with Crippen LogP contribution in [-0.2, 0) is 23.0 Å². The molecule has 25 heavy (non-hydrogen) atoms. The van der Waals surface area contributed by atoms with Crippen molar-refractivity contribution in [3.05, 3.63) is 22.9 Å². The Morgan fingerprint density at radius 2 is 2.08 bits per heavy atom. The van der Waals surface area contributed by atoms with E-state index in [9.17, 15) is 31.6 Å². The molecule has 0 aromatic carbocycles. The van der Waals surface area contributed by atoms with Crippen molar-refractivity contribution in [2.75, 3.05) is 6.54 Å². The Kier molecular flexibility index (Phi) is 6.57. The number of rotatable bonds is 7. The summed E-state index contributed by atoms with van der Waals surface area (Å²) in [7, 11) is -5.89. The van der Waals surface area contributed by atoms with Gasteiger partial charge in [-0.1, -0.05) is 13.3 Å². The second kappa shape index (κ2) is 8.02. The molecule has 0 fully saturated rings. The number of aryl methyl sites for hydroxylation is 1. The molecule has 0 aliphatic carbocycles. The highest BCUT2D eigenvalue weighted by atomic mass is 32.2. The number of alkyl halides is 3. The lowest BCUT2D eigenvalue weighted by Gasteiger charge is -2.13. The first kappa shape index (κ1) is 20.5. The number of pyridine rings is 1. The lowest BCUT2D eigenvalue weighted by molar-refractivity contribution is -0.0501. The van der Waals surface area contributed by atoms with E-state index in [0.29, 0.717) is 18.4 Å². The molecule has 12 heteroatoms. The normalized spacial score (nSPS) is 11.6. The average Bonchev–Trinajstić information content (AvgIpc) is 2.45. The molecular weight excluding hydrogens is 365 g/mol. The molecule has 8 nitrogen and oxygen atoms in total. The molecule has 0 saturated carbocycles. The molecule has 1 aromatic rings. The predicted octanol–water partition coefficient (Wildman–Crippen LogP) is 1.34. The van der Waals surface area contributed by atoms with E-state index in [2.05, 4.69) is 14.5 Å². The van der Waals surface area contributed by atoms with Crippen molar-refractivity contribution < 1.29 is 30.6 Å². The number of hydrogen-bond donors (Lipinski definition) is 2. The number of nitriles is 1. The highest BCUT2D eigenvalue weighted by Crippen LogP contribution is 2.28. The molecule has 3 N–H and O–H groups in total. The van der Waals surface area contributed by atoms with Crippen molar-refractivity contribution in [3.63, 3.8) is 0 Å². The van der Waals surface area contributed by atoms with Crippen LogP contribution < -0.4 is 15.2 Å². The number of halogens is 3. The third kappa shape index (κ3) is 5.49. The van der Waals surface area contributed by atoms with Gasteiger partial charge in [-0.05, 0) is 12.0 Å². The Labute approximate surface area is 141 Å². The first-order chi connectivity index (χ1) is 11.5. The van der Waals surface area contributed by atoms with Gasteiger partial charge in [0.2, 0.25) is 5.88 Å². The van der Waals surface area contributed by atoms with Gasteiger partial charge < -0.3 is 15.2 Å². The van der Waals surface area contributed by atoms with E-state index < -0.39 is 27.5 Å². The summed E-state index contributed by atoms with van der Waals surface area (Å²) in [5.41, 5.74) is -0.333. The lowest BCUT2D eigenvalue weighted by Crippen LogP contribution is -2.31. The number of hydrogen-bond acceptors (Lipinski definition) is 6. The number of amides is 2. The van der Waals surface area contributed by atoms with Gasteiger partial charge in [-0.15, -0.1) is 0 Å². The van der Waals surface area contributed by atoms with Crippen molar-refractivity contribution in [2.24, 2.45) is 5.73 Å². The van der Waals surface area contributed by atoms with Crippen molar-refractivity contribution in [2.45, 2.75) is 31.7 Å². The number of urea groups is 1. The van der Waals surface area contributed by atoms with Crippen molar-refractivity contribution in [1.29, 1.82) is 5.26 Å². The Morgan fingerprint density at radius 3 is 2.56 bits per heavy atom. The van der Waals surface area contributed by atoms with Gasteiger partial charge in [0.25, 0.3) is 0 Å².